The molecule has 0 atom stereocenters. The maximum absolute atomic E-state index is 11.4. The minimum Gasteiger partial charge on any atom is -0.323 e. The van der Waals surface area contributed by atoms with Crippen molar-refractivity contribution in [3.8, 4) is 0 Å². The van der Waals surface area contributed by atoms with Gasteiger partial charge >= 0.3 is 30.5 Å². The number of hydrogen-bond acceptors (Lipinski definition) is 5. The van der Waals surface area contributed by atoms with Crippen molar-refractivity contribution < 1.29 is 57.4 Å². The zero-order chi connectivity index (χ0) is 19.4. The molecule has 18 heteroatoms. The van der Waals surface area contributed by atoms with Crippen molar-refractivity contribution in [1.82, 2.24) is 10.4 Å². The van der Waals surface area contributed by atoms with Crippen LogP contribution in [0, 0.1) is 0 Å². The third-order valence-corrected chi connectivity index (χ3v) is 11.7. The normalized spacial score (nSPS) is 14.8. The van der Waals surface area contributed by atoms with Crippen molar-refractivity contribution >= 4 is 30.5 Å². The van der Waals surface area contributed by atoms with E-state index in [9.17, 15) is 18.3 Å². The van der Waals surface area contributed by atoms with Crippen LogP contribution in [0.3, 0.4) is 0 Å². The van der Waals surface area contributed by atoms with Gasteiger partial charge in [-0.25, -0.2) is 9.65 Å². The van der Waals surface area contributed by atoms with Crippen LogP contribution >= 0.6 is 30.5 Å². The lowest BCUT2D eigenvalue weighted by atomic mass is 10.3. The van der Waals surface area contributed by atoms with Crippen molar-refractivity contribution in [2.75, 3.05) is 19.6 Å². The average molecular weight is 436 g/mol. The molecule has 0 aliphatic heterocycles. The minimum atomic E-state index is -5.90. The van der Waals surface area contributed by atoms with Gasteiger partial charge in [0, 0.05) is 13.1 Å². The molecule has 0 amide bonds. The summed E-state index contributed by atoms with van der Waals surface area (Å²) in [4.78, 5) is 71.9. The first-order valence-corrected chi connectivity index (χ1v) is 12.6. The van der Waals surface area contributed by atoms with E-state index in [4.69, 9.17) is 39.1 Å². The lowest BCUT2D eigenvalue weighted by Crippen LogP contribution is -2.31. The Hall–Kier alpha value is 0.520. The van der Waals surface area contributed by atoms with Crippen molar-refractivity contribution in [3.63, 3.8) is 0 Å². The molecule has 0 aromatic heterocycles. The summed E-state index contributed by atoms with van der Waals surface area (Å²) in [5.41, 5.74) is 0. The maximum Gasteiger partial charge on any atom is 0.400 e. The zero-order valence-corrected chi connectivity index (χ0v) is 15.6. The predicted octanol–water partition coefficient (Wildman–Crippen LogP) is -1.77. The molecule has 0 fully saturated rings. The lowest BCUT2D eigenvalue weighted by molar-refractivity contribution is 0.293. The lowest BCUT2D eigenvalue weighted by Gasteiger charge is -2.34. The van der Waals surface area contributed by atoms with Crippen LogP contribution < -0.4 is 10.4 Å². The Morgan fingerprint density at radius 1 is 0.667 bits per heavy atom. The molecule has 146 valence electrons. The van der Waals surface area contributed by atoms with Gasteiger partial charge in [-0.1, -0.05) is 0 Å². The van der Waals surface area contributed by atoms with E-state index >= 15 is 0 Å². The highest BCUT2D eigenvalue weighted by Gasteiger charge is 2.70. The van der Waals surface area contributed by atoms with Crippen molar-refractivity contribution in [2.45, 2.75) is 17.5 Å². The van der Waals surface area contributed by atoms with Crippen LogP contribution in [0.2, 0.25) is 0 Å². The van der Waals surface area contributed by atoms with Crippen LogP contribution in [0.5, 0.6) is 0 Å². The standard InChI is InChI=1S/C6H20N2O12P4/c9-21(10,11)6(22(12,13)14,23(15,16)17)2-1-3-7-4-5-8-24(18,19)20/h7H,1-5H2,(H2,9,10,11)(H2,12,13,14)(H2,15,16,17)(H3,8,18,19,20). The van der Waals surface area contributed by atoms with Gasteiger partial charge in [-0.3, -0.25) is 13.7 Å². The number of nitrogens with one attached hydrogen (secondary N) is 2. The van der Waals surface area contributed by atoms with Gasteiger partial charge in [0.25, 0.3) is 4.64 Å². The summed E-state index contributed by atoms with van der Waals surface area (Å²) < 4.78 is 40.9. The van der Waals surface area contributed by atoms with Crippen LogP contribution in [-0.4, -0.2) is 63.4 Å². The zero-order valence-electron chi connectivity index (χ0n) is 12.0. The van der Waals surface area contributed by atoms with E-state index in [-0.39, 0.29) is 19.6 Å². The number of hydrogen-bond donors (Lipinski definition) is 10. The first kappa shape index (κ1) is 24.5. The van der Waals surface area contributed by atoms with Gasteiger partial charge < -0.3 is 44.5 Å². The van der Waals surface area contributed by atoms with Gasteiger partial charge in [0.15, 0.2) is 0 Å². The molecule has 0 bridgehead atoms. The average Bonchev–Trinajstić information content (AvgIpc) is 2.25. The van der Waals surface area contributed by atoms with E-state index in [2.05, 4.69) is 5.32 Å². The summed E-state index contributed by atoms with van der Waals surface area (Å²) in [6.07, 6.45) is -1.61. The molecule has 0 rings (SSSR count). The number of rotatable bonds is 11. The highest BCUT2D eigenvalue weighted by molar-refractivity contribution is 7.88. The van der Waals surface area contributed by atoms with E-state index < -0.39 is 48.0 Å². The van der Waals surface area contributed by atoms with Crippen LogP contribution in [0.25, 0.3) is 0 Å². The quantitative estimate of drug-likeness (QED) is 0.127. The van der Waals surface area contributed by atoms with Crippen LogP contribution in [0.1, 0.15) is 12.8 Å². The Balaban J connectivity index is 4.91. The topological polar surface area (TPSA) is 254 Å². The Bertz CT molecular complexity index is 544. The first-order valence-electron chi connectivity index (χ1n) is 6.14. The Kier molecular flexibility index (Phi) is 8.66. The van der Waals surface area contributed by atoms with E-state index in [1.54, 1.807) is 0 Å². The summed E-state index contributed by atoms with van der Waals surface area (Å²) in [6.45, 7) is -0.394. The van der Waals surface area contributed by atoms with Crippen LogP contribution in [-0.2, 0) is 18.3 Å². The highest BCUT2D eigenvalue weighted by Crippen LogP contribution is 2.84. The van der Waals surface area contributed by atoms with E-state index in [0.717, 1.165) is 0 Å². The van der Waals surface area contributed by atoms with Crippen molar-refractivity contribution in [1.29, 1.82) is 0 Å². The maximum atomic E-state index is 11.4. The Labute approximate surface area is 136 Å². The van der Waals surface area contributed by atoms with Gasteiger partial charge in [0.05, 0.1) is 0 Å². The molecular formula is C6H20N2O12P4. The second-order valence-corrected chi connectivity index (χ2v) is 12.7. The van der Waals surface area contributed by atoms with Crippen molar-refractivity contribution in [2.24, 2.45) is 0 Å². The van der Waals surface area contributed by atoms with Gasteiger partial charge in [0.2, 0.25) is 0 Å². The molecule has 0 saturated heterocycles. The molecule has 0 aliphatic carbocycles. The Morgan fingerprint density at radius 2 is 1.08 bits per heavy atom. The minimum absolute atomic E-state index is 0.0279. The first-order chi connectivity index (χ1) is 10.5. The van der Waals surface area contributed by atoms with E-state index in [1.807, 2.05) is 5.09 Å². The molecule has 0 saturated carbocycles. The molecule has 0 aromatic carbocycles. The summed E-state index contributed by atoms with van der Waals surface area (Å²) in [5.74, 6) is 0. The smallest absolute Gasteiger partial charge is 0.323 e. The Morgan fingerprint density at radius 3 is 1.42 bits per heavy atom. The summed E-state index contributed by atoms with van der Waals surface area (Å²) in [6, 6.07) is 0. The van der Waals surface area contributed by atoms with E-state index in [1.165, 1.54) is 0 Å². The second-order valence-electron chi connectivity index (χ2n) is 4.71. The fourth-order valence-electron chi connectivity index (χ4n) is 1.81. The molecule has 0 heterocycles. The molecule has 24 heavy (non-hydrogen) atoms. The fraction of sp³-hybridized carbons (Fsp3) is 1.00. The molecule has 0 aromatic rings. The summed E-state index contributed by atoms with van der Waals surface area (Å²) in [5, 5.41) is 4.35. The molecule has 10 N–H and O–H groups in total. The highest BCUT2D eigenvalue weighted by atomic mass is 31.3. The SMILES string of the molecule is O=P(O)(O)NCCNCCCC(P(=O)(O)O)(P(=O)(O)O)P(=O)(O)O. The summed E-state index contributed by atoms with van der Waals surface area (Å²) in [7, 11) is -22.1. The molecule has 0 aliphatic rings. The van der Waals surface area contributed by atoms with Gasteiger partial charge in [-0.2, -0.15) is 0 Å². The van der Waals surface area contributed by atoms with Crippen LogP contribution in [0.4, 0.5) is 0 Å². The fourth-order valence-corrected chi connectivity index (χ4v) is 7.64. The van der Waals surface area contributed by atoms with Crippen molar-refractivity contribution in [3.05, 3.63) is 0 Å². The largest absolute Gasteiger partial charge is 0.400 e. The molecule has 0 unspecified atom stereocenters. The predicted molar refractivity (Wildman–Crippen MR) is 81.0 cm³/mol. The van der Waals surface area contributed by atoms with Crippen LogP contribution in [0.15, 0.2) is 0 Å². The van der Waals surface area contributed by atoms with Gasteiger partial charge in [0.1, 0.15) is 0 Å². The third kappa shape index (κ3) is 6.68. The second kappa shape index (κ2) is 8.47. The summed E-state index contributed by atoms with van der Waals surface area (Å²) >= 11 is 0. The third-order valence-electron chi connectivity index (χ3n) is 2.88. The monoisotopic (exact) mass is 436 g/mol. The molecule has 14 nitrogen and oxygen atoms in total. The van der Waals surface area contributed by atoms with E-state index in [0.29, 0.717) is 0 Å². The molecular weight excluding hydrogens is 416 g/mol. The molecule has 0 spiro atoms. The molecule has 0 radical (unpaired) electrons. The van der Waals surface area contributed by atoms with Gasteiger partial charge in [-0.15, -0.1) is 0 Å². The van der Waals surface area contributed by atoms with Gasteiger partial charge in [-0.05, 0) is 19.4 Å².